The van der Waals surface area contributed by atoms with Crippen molar-refractivity contribution in [2.75, 3.05) is 6.54 Å². The number of rotatable bonds is 6. The number of carbonyl (C=O) groups is 1. The van der Waals surface area contributed by atoms with Crippen LogP contribution in [0.5, 0.6) is 0 Å². The molecule has 0 bridgehead atoms. The van der Waals surface area contributed by atoms with Gasteiger partial charge >= 0.3 is 0 Å². The minimum atomic E-state index is -0.00815. The van der Waals surface area contributed by atoms with Crippen molar-refractivity contribution in [2.24, 2.45) is 23.5 Å². The number of hydrogen-bond acceptors (Lipinski definition) is 2. The molecule has 0 aliphatic heterocycles. The van der Waals surface area contributed by atoms with Gasteiger partial charge in [0.25, 0.3) is 0 Å². The fourth-order valence-electron chi connectivity index (χ4n) is 1.94. The van der Waals surface area contributed by atoms with Crippen LogP contribution in [0.15, 0.2) is 0 Å². The molecular formula is C12H24N2O. The molecule has 1 aliphatic rings. The first kappa shape index (κ1) is 12.5. The van der Waals surface area contributed by atoms with Crippen molar-refractivity contribution in [3.05, 3.63) is 0 Å². The summed E-state index contributed by atoms with van der Waals surface area (Å²) in [4.78, 5) is 11.9. The molecule has 0 aromatic heterocycles. The van der Waals surface area contributed by atoms with Gasteiger partial charge in [0.1, 0.15) is 0 Å². The van der Waals surface area contributed by atoms with Gasteiger partial charge in [-0.3, -0.25) is 4.79 Å². The molecule has 88 valence electrons. The molecule has 1 aliphatic carbocycles. The third-order valence-electron chi connectivity index (χ3n) is 3.11. The molecule has 1 rings (SSSR count). The molecule has 0 aromatic rings. The highest BCUT2D eigenvalue weighted by atomic mass is 16.1. The second kappa shape index (κ2) is 5.50. The summed E-state index contributed by atoms with van der Waals surface area (Å²) in [5.74, 6) is 1.38. The minimum absolute atomic E-state index is 0.00815. The number of hydrogen-bond donors (Lipinski definition) is 2. The van der Waals surface area contributed by atoms with E-state index in [2.05, 4.69) is 26.1 Å². The molecule has 1 fully saturated rings. The zero-order chi connectivity index (χ0) is 11.4. The van der Waals surface area contributed by atoms with Gasteiger partial charge in [0.05, 0.1) is 5.92 Å². The van der Waals surface area contributed by atoms with E-state index in [0.717, 1.165) is 6.42 Å². The highest BCUT2D eigenvalue weighted by molar-refractivity contribution is 5.79. The Labute approximate surface area is 92.8 Å². The normalized spacial score (nSPS) is 20.1. The average Bonchev–Trinajstić information content (AvgIpc) is 2.96. The zero-order valence-corrected chi connectivity index (χ0v) is 10.1. The average molecular weight is 212 g/mol. The Kier molecular flexibility index (Phi) is 4.58. The van der Waals surface area contributed by atoms with E-state index in [-0.39, 0.29) is 11.8 Å². The lowest BCUT2D eigenvalue weighted by atomic mass is 9.96. The molecule has 0 heterocycles. The Morgan fingerprint density at radius 3 is 2.40 bits per heavy atom. The van der Waals surface area contributed by atoms with Crippen LogP contribution in [-0.4, -0.2) is 18.5 Å². The van der Waals surface area contributed by atoms with E-state index >= 15 is 0 Å². The predicted octanol–water partition coefficient (Wildman–Crippen LogP) is 1.52. The molecule has 15 heavy (non-hydrogen) atoms. The van der Waals surface area contributed by atoms with E-state index in [0.29, 0.717) is 24.4 Å². The topological polar surface area (TPSA) is 55.1 Å². The summed E-state index contributed by atoms with van der Waals surface area (Å²) in [7, 11) is 0. The second-order valence-electron chi connectivity index (χ2n) is 5.20. The van der Waals surface area contributed by atoms with Crippen molar-refractivity contribution in [2.45, 2.75) is 46.1 Å². The van der Waals surface area contributed by atoms with Crippen molar-refractivity contribution < 1.29 is 4.79 Å². The van der Waals surface area contributed by atoms with Gasteiger partial charge in [0, 0.05) is 12.6 Å². The predicted molar refractivity (Wildman–Crippen MR) is 62.3 cm³/mol. The van der Waals surface area contributed by atoms with Gasteiger partial charge in [0.2, 0.25) is 5.91 Å². The Morgan fingerprint density at radius 1 is 1.40 bits per heavy atom. The molecular weight excluding hydrogens is 188 g/mol. The Bertz CT molecular complexity index is 212. The van der Waals surface area contributed by atoms with Crippen LogP contribution in [0.4, 0.5) is 0 Å². The molecule has 0 spiro atoms. The summed E-state index contributed by atoms with van der Waals surface area (Å²) in [6.45, 7) is 6.81. The Hall–Kier alpha value is -0.570. The lowest BCUT2D eigenvalue weighted by Gasteiger charge is -2.20. The quantitative estimate of drug-likeness (QED) is 0.701. The molecule has 3 nitrogen and oxygen atoms in total. The maximum Gasteiger partial charge on any atom is 0.224 e. The fourth-order valence-corrected chi connectivity index (χ4v) is 1.94. The molecule has 0 saturated heterocycles. The highest BCUT2D eigenvalue weighted by Gasteiger charge is 2.30. The van der Waals surface area contributed by atoms with Crippen LogP contribution < -0.4 is 11.1 Å². The van der Waals surface area contributed by atoms with Crippen LogP contribution in [0.1, 0.15) is 40.0 Å². The standard InChI is InChI=1S/C12H24N2O/c1-8(2)6-11(7-13)12(15)14-9(3)10-4-5-10/h8-11H,4-7,13H2,1-3H3,(H,14,15). The van der Waals surface area contributed by atoms with E-state index < -0.39 is 0 Å². The van der Waals surface area contributed by atoms with E-state index in [1.165, 1.54) is 12.8 Å². The summed E-state index contributed by atoms with van der Waals surface area (Å²) >= 11 is 0. The number of nitrogens with one attached hydrogen (secondary N) is 1. The first-order valence-corrected chi connectivity index (χ1v) is 6.05. The molecule has 2 atom stereocenters. The van der Waals surface area contributed by atoms with Crippen LogP contribution in [0.25, 0.3) is 0 Å². The number of amides is 1. The third-order valence-corrected chi connectivity index (χ3v) is 3.11. The van der Waals surface area contributed by atoms with Crippen LogP contribution in [0, 0.1) is 17.8 Å². The second-order valence-corrected chi connectivity index (χ2v) is 5.20. The van der Waals surface area contributed by atoms with Crippen molar-refractivity contribution in [1.29, 1.82) is 0 Å². The lowest BCUT2D eigenvalue weighted by Crippen LogP contribution is -2.41. The monoisotopic (exact) mass is 212 g/mol. The molecule has 3 heteroatoms. The summed E-state index contributed by atoms with van der Waals surface area (Å²) in [5, 5.41) is 3.08. The van der Waals surface area contributed by atoms with Gasteiger partial charge in [-0.1, -0.05) is 13.8 Å². The van der Waals surface area contributed by atoms with Crippen LogP contribution in [0.2, 0.25) is 0 Å². The lowest BCUT2D eigenvalue weighted by molar-refractivity contribution is -0.125. The van der Waals surface area contributed by atoms with Gasteiger partial charge in [-0.15, -0.1) is 0 Å². The molecule has 0 aromatic carbocycles. The number of carbonyl (C=O) groups excluding carboxylic acids is 1. The zero-order valence-electron chi connectivity index (χ0n) is 10.1. The van der Waals surface area contributed by atoms with Crippen LogP contribution in [-0.2, 0) is 4.79 Å². The van der Waals surface area contributed by atoms with Crippen molar-refractivity contribution in [3.63, 3.8) is 0 Å². The van der Waals surface area contributed by atoms with E-state index in [1.54, 1.807) is 0 Å². The van der Waals surface area contributed by atoms with Crippen LogP contribution >= 0.6 is 0 Å². The van der Waals surface area contributed by atoms with Crippen LogP contribution in [0.3, 0.4) is 0 Å². The van der Waals surface area contributed by atoms with Gasteiger partial charge in [-0.05, 0) is 38.0 Å². The van der Waals surface area contributed by atoms with E-state index in [1.807, 2.05) is 0 Å². The SMILES string of the molecule is CC(C)CC(CN)C(=O)NC(C)C1CC1. The number of nitrogens with two attached hydrogens (primary N) is 1. The maximum atomic E-state index is 11.9. The maximum absolute atomic E-state index is 11.9. The first-order valence-electron chi connectivity index (χ1n) is 6.05. The Morgan fingerprint density at radius 2 is 2.00 bits per heavy atom. The first-order chi connectivity index (χ1) is 7.04. The minimum Gasteiger partial charge on any atom is -0.353 e. The van der Waals surface area contributed by atoms with E-state index in [9.17, 15) is 4.79 Å². The molecule has 2 unspecified atom stereocenters. The molecule has 3 N–H and O–H groups in total. The van der Waals surface area contributed by atoms with Gasteiger partial charge in [-0.25, -0.2) is 0 Å². The largest absolute Gasteiger partial charge is 0.353 e. The van der Waals surface area contributed by atoms with Crippen molar-refractivity contribution in [3.8, 4) is 0 Å². The Balaban J connectivity index is 2.34. The van der Waals surface area contributed by atoms with Gasteiger partial charge in [0.15, 0.2) is 0 Å². The summed E-state index contributed by atoms with van der Waals surface area (Å²) in [6, 6.07) is 0.332. The molecule has 1 amide bonds. The fraction of sp³-hybridized carbons (Fsp3) is 0.917. The van der Waals surface area contributed by atoms with Crippen molar-refractivity contribution in [1.82, 2.24) is 5.32 Å². The molecule has 0 radical (unpaired) electrons. The van der Waals surface area contributed by atoms with E-state index in [4.69, 9.17) is 5.73 Å². The van der Waals surface area contributed by atoms with Gasteiger partial charge in [-0.2, -0.15) is 0 Å². The van der Waals surface area contributed by atoms with Gasteiger partial charge < -0.3 is 11.1 Å². The summed E-state index contributed by atoms with van der Waals surface area (Å²) in [5.41, 5.74) is 5.63. The third kappa shape index (κ3) is 4.20. The summed E-state index contributed by atoms with van der Waals surface area (Å²) < 4.78 is 0. The molecule has 1 saturated carbocycles. The smallest absolute Gasteiger partial charge is 0.224 e. The van der Waals surface area contributed by atoms with Crippen molar-refractivity contribution >= 4 is 5.91 Å². The summed E-state index contributed by atoms with van der Waals surface area (Å²) in [6.07, 6.45) is 3.41. The highest BCUT2D eigenvalue weighted by Crippen LogP contribution is 2.32.